The molecular formula is C22H20FN5O3. The SMILES string of the molecule is Cn1c(-c2ccc(F)cc2)cnc1NC(=O)CN1C(=O)NC(C)(c2ccccc2)C1=O. The summed E-state index contributed by atoms with van der Waals surface area (Å²) in [6, 6.07) is 14.1. The Hall–Kier alpha value is -4.01. The minimum Gasteiger partial charge on any atom is -0.319 e. The predicted molar refractivity (Wildman–Crippen MR) is 111 cm³/mol. The summed E-state index contributed by atoms with van der Waals surface area (Å²) in [7, 11) is 1.70. The van der Waals surface area contributed by atoms with Crippen molar-refractivity contribution in [1.82, 2.24) is 19.8 Å². The zero-order chi connectivity index (χ0) is 22.2. The molecule has 1 aliphatic heterocycles. The molecule has 0 aliphatic carbocycles. The molecule has 3 aromatic rings. The standard InChI is InChI=1S/C22H20FN5O3/c1-22(15-6-4-3-5-7-15)19(30)28(21(31)26-22)13-18(29)25-20-24-12-17(27(20)2)14-8-10-16(23)11-9-14/h3-12H,13H2,1-2H3,(H,26,31)(H,24,25,29). The first kappa shape index (κ1) is 20.3. The smallest absolute Gasteiger partial charge is 0.319 e. The van der Waals surface area contributed by atoms with Gasteiger partial charge in [0, 0.05) is 12.6 Å². The number of hydrogen-bond donors (Lipinski definition) is 2. The second kappa shape index (κ2) is 7.67. The molecule has 2 aromatic carbocycles. The molecule has 1 aliphatic rings. The van der Waals surface area contributed by atoms with Gasteiger partial charge in [-0.3, -0.25) is 19.8 Å². The van der Waals surface area contributed by atoms with Gasteiger partial charge in [0.25, 0.3) is 5.91 Å². The Labute approximate surface area is 177 Å². The molecule has 9 heteroatoms. The summed E-state index contributed by atoms with van der Waals surface area (Å²) in [6.45, 7) is 1.15. The number of nitrogens with one attached hydrogen (secondary N) is 2. The molecule has 2 heterocycles. The number of imide groups is 1. The van der Waals surface area contributed by atoms with E-state index in [0.29, 0.717) is 11.3 Å². The van der Waals surface area contributed by atoms with Crippen LogP contribution in [0.3, 0.4) is 0 Å². The third-order valence-corrected chi connectivity index (χ3v) is 5.31. The molecule has 0 spiro atoms. The van der Waals surface area contributed by atoms with Gasteiger partial charge >= 0.3 is 6.03 Å². The van der Waals surface area contributed by atoms with Crippen LogP contribution in [0.25, 0.3) is 11.3 Å². The number of hydrogen-bond acceptors (Lipinski definition) is 4. The van der Waals surface area contributed by atoms with Crippen LogP contribution in [-0.2, 0) is 22.2 Å². The van der Waals surface area contributed by atoms with Crippen LogP contribution in [0, 0.1) is 5.82 Å². The largest absolute Gasteiger partial charge is 0.325 e. The van der Waals surface area contributed by atoms with Crippen molar-refractivity contribution in [1.29, 1.82) is 0 Å². The van der Waals surface area contributed by atoms with Gasteiger partial charge in [0.15, 0.2) is 0 Å². The monoisotopic (exact) mass is 421 g/mol. The molecule has 1 fully saturated rings. The highest BCUT2D eigenvalue weighted by atomic mass is 19.1. The Bertz CT molecular complexity index is 1160. The van der Waals surface area contributed by atoms with Gasteiger partial charge in [-0.25, -0.2) is 14.2 Å². The topological polar surface area (TPSA) is 96.3 Å². The molecule has 0 radical (unpaired) electrons. The maximum atomic E-state index is 13.2. The number of halogens is 1. The fourth-order valence-electron chi connectivity index (χ4n) is 3.53. The van der Waals surface area contributed by atoms with Crippen LogP contribution in [0.5, 0.6) is 0 Å². The fraction of sp³-hybridized carbons (Fsp3) is 0.182. The number of aromatic nitrogens is 2. The molecule has 1 saturated heterocycles. The van der Waals surface area contributed by atoms with Gasteiger partial charge in [0.05, 0.1) is 11.9 Å². The van der Waals surface area contributed by atoms with E-state index < -0.39 is 29.9 Å². The van der Waals surface area contributed by atoms with E-state index in [1.54, 1.807) is 61.1 Å². The van der Waals surface area contributed by atoms with Gasteiger partial charge in [-0.1, -0.05) is 30.3 Å². The minimum atomic E-state index is -1.24. The molecular weight excluding hydrogens is 401 g/mol. The van der Waals surface area contributed by atoms with Gasteiger partial charge in [0.2, 0.25) is 11.9 Å². The van der Waals surface area contributed by atoms with Crippen molar-refractivity contribution in [3.63, 3.8) is 0 Å². The maximum Gasteiger partial charge on any atom is 0.325 e. The van der Waals surface area contributed by atoms with Gasteiger partial charge in [-0.05, 0) is 36.8 Å². The van der Waals surface area contributed by atoms with E-state index in [2.05, 4.69) is 15.6 Å². The van der Waals surface area contributed by atoms with Gasteiger partial charge in [0.1, 0.15) is 17.9 Å². The quantitative estimate of drug-likeness (QED) is 0.619. The van der Waals surface area contributed by atoms with Crippen molar-refractivity contribution in [3.05, 3.63) is 72.2 Å². The molecule has 158 valence electrons. The molecule has 1 aromatic heterocycles. The third kappa shape index (κ3) is 3.65. The van der Waals surface area contributed by atoms with Crippen molar-refractivity contribution < 1.29 is 18.8 Å². The summed E-state index contributed by atoms with van der Waals surface area (Å²) in [5.41, 5.74) is 0.785. The van der Waals surface area contributed by atoms with Crippen LogP contribution < -0.4 is 10.6 Å². The van der Waals surface area contributed by atoms with Crippen LogP contribution in [0.1, 0.15) is 12.5 Å². The molecule has 4 rings (SSSR count). The highest BCUT2D eigenvalue weighted by Crippen LogP contribution is 2.28. The van der Waals surface area contributed by atoms with Crippen LogP contribution in [-0.4, -0.2) is 38.8 Å². The molecule has 31 heavy (non-hydrogen) atoms. The first-order valence-electron chi connectivity index (χ1n) is 9.57. The first-order valence-corrected chi connectivity index (χ1v) is 9.57. The number of urea groups is 1. The second-order valence-corrected chi connectivity index (χ2v) is 7.39. The number of carbonyl (C=O) groups excluding carboxylic acids is 3. The van der Waals surface area contributed by atoms with E-state index in [4.69, 9.17) is 0 Å². The third-order valence-electron chi connectivity index (χ3n) is 5.31. The summed E-state index contributed by atoms with van der Waals surface area (Å²) < 4.78 is 14.8. The lowest BCUT2D eigenvalue weighted by Crippen LogP contribution is -2.42. The fourth-order valence-corrected chi connectivity index (χ4v) is 3.53. The van der Waals surface area contributed by atoms with E-state index >= 15 is 0 Å². The van der Waals surface area contributed by atoms with Crippen LogP contribution in [0.15, 0.2) is 60.8 Å². The van der Waals surface area contributed by atoms with Crippen LogP contribution >= 0.6 is 0 Å². The Kier molecular flexibility index (Phi) is 5.02. The summed E-state index contributed by atoms with van der Waals surface area (Å²) in [5.74, 6) is -1.19. The average Bonchev–Trinajstić information content (AvgIpc) is 3.22. The number of carbonyl (C=O) groups is 3. The Morgan fingerprint density at radius 1 is 1.13 bits per heavy atom. The lowest BCUT2D eigenvalue weighted by Gasteiger charge is -2.22. The Morgan fingerprint density at radius 2 is 1.81 bits per heavy atom. The van der Waals surface area contributed by atoms with Crippen LogP contribution in [0.4, 0.5) is 15.1 Å². The van der Waals surface area contributed by atoms with Gasteiger partial charge in [-0.15, -0.1) is 0 Å². The molecule has 8 nitrogen and oxygen atoms in total. The van der Waals surface area contributed by atoms with Gasteiger partial charge < -0.3 is 9.88 Å². The van der Waals surface area contributed by atoms with Crippen LogP contribution in [0.2, 0.25) is 0 Å². The van der Waals surface area contributed by atoms with E-state index in [9.17, 15) is 18.8 Å². The molecule has 4 amide bonds. The summed E-state index contributed by atoms with van der Waals surface area (Å²) in [4.78, 5) is 42.9. The number of benzene rings is 2. The second-order valence-electron chi connectivity index (χ2n) is 7.39. The first-order chi connectivity index (χ1) is 14.8. The lowest BCUT2D eigenvalue weighted by atomic mass is 9.92. The molecule has 0 bridgehead atoms. The van der Waals surface area contributed by atoms with Crippen molar-refractivity contribution in [2.75, 3.05) is 11.9 Å². The van der Waals surface area contributed by atoms with Crippen molar-refractivity contribution in [2.45, 2.75) is 12.5 Å². The van der Waals surface area contributed by atoms with E-state index in [1.165, 1.54) is 12.1 Å². The summed E-state index contributed by atoms with van der Waals surface area (Å²) >= 11 is 0. The summed E-state index contributed by atoms with van der Waals surface area (Å²) in [5, 5.41) is 5.27. The number of amides is 4. The summed E-state index contributed by atoms with van der Waals surface area (Å²) in [6.07, 6.45) is 1.54. The number of anilines is 1. The predicted octanol–water partition coefficient (Wildman–Crippen LogP) is 2.63. The highest BCUT2D eigenvalue weighted by molar-refractivity contribution is 6.10. The Balaban J connectivity index is 1.48. The molecule has 2 N–H and O–H groups in total. The van der Waals surface area contributed by atoms with E-state index in [-0.39, 0.29) is 11.8 Å². The number of imidazole rings is 1. The average molecular weight is 421 g/mol. The van der Waals surface area contributed by atoms with Crippen molar-refractivity contribution >= 4 is 23.8 Å². The molecule has 1 atom stereocenters. The zero-order valence-electron chi connectivity index (χ0n) is 16.9. The number of nitrogens with zero attached hydrogens (tertiary/aromatic N) is 3. The molecule has 0 saturated carbocycles. The van der Waals surface area contributed by atoms with E-state index in [0.717, 1.165) is 10.5 Å². The van der Waals surface area contributed by atoms with Crippen molar-refractivity contribution in [3.8, 4) is 11.3 Å². The maximum absolute atomic E-state index is 13.2. The van der Waals surface area contributed by atoms with Crippen molar-refractivity contribution in [2.24, 2.45) is 7.05 Å². The van der Waals surface area contributed by atoms with E-state index in [1.807, 2.05) is 6.07 Å². The minimum absolute atomic E-state index is 0.238. The zero-order valence-corrected chi connectivity index (χ0v) is 16.9. The highest BCUT2D eigenvalue weighted by Gasteiger charge is 2.49. The lowest BCUT2D eigenvalue weighted by molar-refractivity contribution is -0.133. The van der Waals surface area contributed by atoms with Gasteiger partial charge in [-0.2, -0.15) is 0 Å². The number of rotatable bonds is 5. The normalized spacial score (nSPS) is 18.2. The molecule has 1 unspecified atom stereocenters. The Morgan fingerprint density at radius 3 is 2.48 bits per heavy atom.